The zero-order chi connectivity index (χ0) is 15.6. The average Bonchev–Trinajstić information content (AvgIpc) is 3.31. The van der Waals surface area contributed by atoms with Gasteiger partial charge in [-0.3, -0.25) is 9.67 Å². The number of benzene rings is 1. The van der Waals surface area contributed by atoms with Crippen LogP contribution in [0, 0.1) is 0 Å². The summed E-state index contributed by atoms with van der Waals surface area (Å²) in [4.78, 5) is 13.8. The van der Waals surface area contributed by atoms with Crippen LogP contribution in [0.5, 0.6) is 0 Å². The highest BCUT2D eigenvalue weighted by Gasteiger charge is 2.07. The van der Waals surface area contributed by atoms with Crippen molar-refractivity contribution >= 4 is 11.3 Å². The van der Waals surface area contributed by atoms with Crippen LogP contribution in [-0.2, 0) is 6.54 Å². The number of H-pyrrole nitrogens is 2. The fourth-order valence-electron chi connectivity index (χ4n) is 2.42. The van der Waals surface area contributed by atoms with Crippen molar-refractivity contribution in [2.75, 3.05) is 0 Å². The maximum atomic E-state index is 11.5. The molecular formula is C16H13N5OS. The number of hydrogen-bond donors (Lipinski definition) is 2. The lowest BCUT2D eigenvalue weighted by atomic mass is 10.1. The van der Waals surface area contributed by atoms with Gasteiger partial charge in [0.05, 0.1) is 12.2 Å². The molecule has 3 heterocycles. The van der Waals surface area contributed by atoms with Crippen LogP contribution in [0.25, 0.3) is 21.7 Å². The van der Waals surface area contributed by atoms with Crippen molar-refractivity contribution in [1.29, 1.82) is 0 Å². The molecule has 0 spiro atoms. The molecule has 0 saturated carbocycles. The van der Waals surface area contributed by atoms with E-state index < -0.39 is 0 Å². The van der Waals surface area contributed by atoms with Crippen LogP contribution in [0.15, 0.2) is 59.8 Å². The van der Waals surface area contributed by atoms with Crippen molar-refractivity contribution in [3.05, 3.63) is 70.4 Å². The second-order valence-electron chi connectivity index (χ2n) is 5.10. The topological polar surface area (TPSA) is 79.4 Å². The molecule has 114 valence electrons. The molecule has 0 bridgehead atoms. The number of nitrogens with zero attached hydrogens (tertiary/aromatic N) is 3. The summed E-state index contributed by atoms with van der Waals surface area (Å²) in [5.41, 5.74) is 2.94. The largest absolute Gasteiger partial charge is 0.343 e. The van der Waals surface area contributed by atoms with Crippen LogP contribution >= 0.6 is 11.3 Å². The Bertz CT molecular complexity index is 980. The molecular weight excluding hydrogens is 310 g/mol. The van der Waals surface area contributed by atoms with Crippen molar-refractivity contribution in [2.45, 2.75) is 6.54 Å². The lowest BCUT2D eigenvalue weighted by molar-refractivity contribution is 0.772. The van der Waals surface area contributed by atoms with E-state index in [1.54, 1.807) is 15.9 Å². The van der Waals surface area contributed by atoms with E-state index >= 15 is 0 Å². The van der Waals surface area contributed by atoms with Gasteiger partial charge in [-0.15, -0.1) is 11.3 Å². The minimum absolute atomic E-state index is 0.194. The normalized spacial score (nSPS) is 11.0. The van der Waals surface area contributed by atoms with Gasteiger partial charge in [-0.25, -0.2) is 9.89 Å². The minimum atomic E-state index is -0.194. The van der Waals surface area contributed by atoms with E-state index in [-0.39, 0.29) is 5.69 Å². The Labute approximate surface area is 135 Å². The second kappa shape index (κ2) is 5.69. The van der Waals surface area contributed by atoms with Gasteiger partial charge in [0.15, 0.2) is 0 Å². The number of aromatic amines is 2. The molecule has 0 fully saturated rings. The Morgan fingerprint density at radius 3 is 2.83 bits per heavy atom. The Kier molecular flexibility index (Phi) is 3.39. The van der Waals surface area contributed by atoms with E-state index in [4.69, 9.17) is 0 Å². The zero-order valence-corrected chi connectivity index (χ0v) is 12.9. The van der Waals surface area contributed by atoms with Crippen molar-refractivity contribution in [3.8, 4) is 21.7 Å². The minimum Gasteiger partial charge on any atom is -0.285 e. The van der Waals surface area contributed by atoms with Gasteiger partial charge in [0.1, 0.15) is 6.33 Å². The molecule has 0 radical (unpaired) electrons. The molecule has 0 aliphatic carbocycles. The van der Waals surface area contributed by atoms with E-state index in [0.29, 0.717) is 6.54 Å². The van der Waals surface area contributed by atoms with Crippen molar-refractivity contribution < 1.29 is 0 Å². The average molecular weight is 323 g/mol. The number of hydrogen-bond acceptors (Lipinski definition) is 4. The van der Waals surface area contributed by atoms with Crippen LogP contribution in [0.3, 0.4) is 0 Å². The molecule has 0 aliphatic rings. The van der Waals surface area contributed by atoms with Crippen molar-refractivity contribution in [3.63, 3.8) is 0 Å². The Morgan fingerprint density at radius 2 is 2.04 bits per heavy atom. The third kappa shape index (κ3) is 2.74. The summed E-state index contributed by atoms with van der Waals surface area (Å²) in [6, 6.07) is 14.3. The second-order valence-corrected chi connectivity index (χ2v) is 6.26. The molecule has 2 N–H and O–H groups in total. The molecule has 3 aromatic heterocycles. The predicted molar refractivity (Wildman–Crippen MR) is 89.3 cm³/mol. The van der Waals surface area contributed by atoms with Gasteiger partial charge in [0, 0.05) is 21.5 Å². The maximum Gasteiger partial charge on any atom is 0.343 e. The van der Waals surface area contributed by atoms with Gasteiger partial charge in [0.2, 0.25) is 0 Å². The van der Waals surface area contributed by atoms with E-state index in [9.17, 15) is 4.79 Å². The fraction of sp³-hybridized carbons (Fsp3) is 0.0625. The molecule has 0 unspecified atom stereocenters. The van der Waals surface area contributed by atoms with Gasteiger partial charge in [0.25, 0.3) is 0 Å². The quantitative estimate of drug-likeness (QED) is 0.606. The molecule has 4 rings (SSSR count). The van der Waals surface area contributed by atoms with Gasteiger partial charge in [-0.05, 0) is 29.8 Å². The summed E-state index contributed by atoms with van der Waals surface area (Å²) < 4.78 is 1.55. The third-order valence-corrected chi connectivity index (χ3v) is 4.67. The molecule has 7 heteroatoms. The van der Waals surface area contributed by atoms with Crippen LogP contribution in [0.4, 0.5) is 0 Å². The van der Waals surface area contributed by atoms with E-state index in [0.717, 1.165) is 26.6 Å². The Hall–Kier alpha value is -2.93. The lowest BCUT2D eigenvalue weighted by Gasteiger charge is -2.01. The first-order chi connectivity index (χ1) is 11.3. The number of nitrogens with one attached hydrogen (secondary N) is 2. The maximum absolute atomic E-state index is 11.5. The summed E-state index contributed by atoms with van der Waals surface area (Å²) in [7, 11) is 0. The number of thiophene rings is 1. The van der Waals surface area contributed by atoms with Crippen LogP contribution in [-0.4, -0.2) is 25.0 Å². The summed E-state index contributed by atoms with van der Waals surface area (Å²) in [5.74, 6) is 0. The molecule has 0 aliphatic heterocycles. The van der Waals surface area contributed by atoms with E-state index in [1.807, 2.05) is 30.5 Å². The van der Waals surface area contributed by atoms with Gasteiger partial charge >= 0.3 is 5.69 Å². The standard InChI is InChI=1S/C16H13N5OS/c22-16-20-18-10-21(16)9-13-4-5-15(23-13)12-3-1-2-11(8-12)14-6-7-17-19-14/h1-8,10H,9H2,(H,17,19)(H,20,22). The fourth-order valence-corrected chi connectivity index (χ4v) is 3.42. The van der Waals surface area contributed by atoms with Crippen LogP contribution < -0.4 is 5.69 Å². The van der Waals surface area contributed by atoms with Gasteiger partial charge in [-0.1, -0.05) is 18.2 Å². The first kappa shape index (κ1) is 13.7. The predicted octanol–water partition coefficient (Wildman–Crippen LogP) is 2.74. The highest BCUT2D eigenvalue weighted by molar-refractivity contribution is 7.15. The molecule has 23 heavy (non-hydrogen) atoms. The summed E-state index contributed by atoms with van der Waals surface area (Å²) >= 11 is 1.67. The zero-order valence-electron chi connectivity index (χ0n) is 12.1. The van der Waals surface area contributed by atoms with Crippen LogP contribution in [0.2, 0.25) is 0 Å². The first-order valence-electron chi connectivity index (χ1n) is 7.09. The smallest absolute Gasteiger partial charge is 0.285 e. The van der Waals surface area contributed by atoms with Crippen LogP contribution in [0.1, 0.15) is 4.88 Å². The monoisotopic (exact) mass is 323 g/mol. The van der Waals surface area contributed by atoms with Gasteiger partial charge in [-0.2, -0.15) is 10.2 Å². The number of rotatable bonds is 4. The molecule has 6 nitrogen and oxygen atoms in total. The molecule has 0 saturated heterocycles. The summed E-state index contributed by atoms with van der Waals surface area (Å²) in [5, 5.41) is 13.2. The van der Waals surface area contributed by atoms with Crippen molar-refractivity contribution in [2.24, 2.45) is 0 Å². The molecule has 4 aromatic rings. The lowest BCUT2D eigenvalue weighted by Crippen LogP contribution is -2.16. The Morgan fingerprint density at radius 1 is 1.13 bits per heavy atom. The molecule has 0 amide bonds. The highest BCUT2D eigenvalue weighted by atomic mass is 32.1. The van der Waals surface area contributed by atoms with E-state index in [2.05, 4.69) is 38.6 Å². The summed E-state index contributed by atoms with van der Waals surface area (Å²) in [6.45, 7) is 0.527. The van der Waals surface area contributed by atoms with Gasteiger partial charge < -0.3 is 0 Å². The highest BCUT2D eigenvalue weighted by Crippen LogP contribution is 2.31. The molecule has 1 aromatic carbocycles. The first-order valence-corrected chi connectivity index (χ1v) is 7.90. The SMILES string of the molecule is O=c1[nH]ncn1Cc1ccc(-c2cccc(-c3cc[nH]n3)c2)s1. The molecule has 0 atom stereocenters. The number of aromatic nitrogens is 5. The third-order valence-electron chi connectivity index (χ3n) is 3.55. The van der Waals surface area contributed by atoms with Crippen molar-refractivity contribution in [1.82, 2.24) is 25.0 Å². The van der Waals surface area contributed by atoms with E-state index in [1.165, 1.54) is 6.33 Å². The Balaban J connectivity index is 1.63. The summed E-state index contributed by atoms with van der Waals surface area (Å²) in [6.07, 6.45) is 3.33.